The number of fused-ring (bicyclic) bond motifs is 1. The number of nitrogens with one attached hydrogen (secondary N) is 1. The smallest absolute Gasteiger partial charge is 0.275 e. The highest BCUT2D eigenvalue weighted by Crippen LogP contribution is 2.28. The quantitative estimate of drug-likeness (QED) is 0.474. The molecule has 31 heavy (non-hydrogen) atoms. The molecule has 4 aromatic rings. The molecule has 0 aliphatic carbocycles. The maximum Gasteiger partial charge on any atom is 0.275 e. The Hall–Kier alpha value is -3.32. The molecule has 158 valence electrons. The Morgan fingerprint density at radius 1 is 1.06 bits per heavy atom. The molecule has 2 aromatic heterocycles. The van der Waals surface area contributed by atoms with Crippen LogP contribution in [-0.4, -0.2) is 15.7 Å². The lowest BCUT2D eigenvalue weighted by Crippen LogP contribution is -2.37. The van der Waals surface area contributed by atoms with E-state index in [4.69, 9.17) is 0 Å². The summed E-state index contributed by atoms with van der Waals surface area (Å²) in [4.78, 5) is 26.8. The van der Waals surface area contributed by atoms with Gasteiger partial charge in [0.05, 0.1) is 16.3 Å². The third kappa shape index (κ3) is 4.41. The summed E-state index contributed by atoms with van der Waals surface area (Å²) in [6.45, 7) is 3.75. The molecule has 4 rings (SSSR count). The second-order valence-electron chi connectivity index (χ2n) is 7.68. The molecule has 5 nitrogen and oxygen atoms in total. The van der Waals surface area contributed by atoms with Crippen LogP contribution in [0.3, 0.4) is 0 Å². The van der Waals surface area contributed by atoms with Gasteiger partial charge in [-0.25, -0.2) is 9.07 Å². The van der Waals surface area contributed by atoms with E-state index in [0.29, 0.717) is 11.1 Å². The largest absolute Gasteiger partial charge is 0.347 e. The van der Waals surface area contributed by atoms with Gasteiger partial charge in [-0.1, -0.05) is 50.2 Å². The number of amides is 1. The van der Waals surface area contributed by atoms with E-state index in [9.17, 15) is 14.0 Å². The molecule has 0 saturated carbocycles. The summed E-state index contributed by atoms with van der Waals surface area (Å²) >= 11 is 1.53. The monoisotopic (exact) mass is 435 g/mol. The number of thiophene rings is 1. The number of aromatic nitrogens is 2. The van der Waals surface area contributed by atoms with Gasteiger partial charge in [0.1, 0.15) is 18.1 Å². The van der Waals surface area contributed by atoms with Crippen molar-refractivity contribution in [2.45, 2.75) is 26.4 Å². The van der Waals surface area contributed by atoms with Crippen molar-refractivity contribution in [1.29, 1.82) is 0 Å². The van der Waals surface area contributed by atoms with E-state index >= 15 is 0 Å². The Kier molecular flexibility index (Phi) is 5.95. The molecule has 0 saturated heterocycles. The minimum atomic E-state index is -0.329. The Morgan fingerprint density at radius 3 is 2.42 bits per heavy atom. The lowest BCUT2D eigenvalue weighted by atomic mass is 9.96. The molecule has 2 aromatic carbocycles. The van der Waals surface area contributed by atoms with Crippen molar-refractivity contribution in [3.8, 4) is 10.6 Å². The summed E-state index contributed by atoms with van der Waals surface area (Å²) in [5, 5.41) is 10.7. The van der Waals surface area contributed by atoms with Gasteiger partial charge >= 0.3 is 0 Å². The molecule has 2 heterocycles. The van der Waals surface area contributed by atoms with Crippen LogP contribution in [0.15, 0.2) is 70.8 Å². The molecule has 0 spiro atoms. The SMILES string of the molecule is CC(C)C(NC(=O)Cn1nc(-c2cccs2)c2ccccc2c1=O)c1ccc(F)cc1. The minimum Gasteiger partial charge on any atom is -0.347 e. The summed E-state index contributed by atoms with van der Waals surface area (Å²) in [7, 11) is 0. The first-order chi connectivity index (χ1) is 14.9. The van der Waals surface area contributed by atoms with E-state index in [0.717, 1.165) is 15.8 Å². The van der Waals surface area contributed by atoms with Crippen LogP contribution in [0.4, 0.5) is 4.39 Å². The van der Waals surface area contributed by atoms with Crippen LogP contribution in [0.5, 0.6) is 0 Å². The molecule has 0 fully saturated rings. The van der Waals surface area contributed by atoms with Gasteiger partial charge in [0.25, 0.3) is 5.56 Å². The van der Waals surface area contributed by atoms with Gasteiger partial charge in [0.15, 0.2) is 0 Å². The van der Waals surface area contributed by atoms with Gasteiger partial charge in [0, 0.05) is 5.39 Å². The number of rotatable bonds is 6. The highest BCUT2D eigenvalue weighted by Gasteiger charge is 2.20. The first-order valence-electron chi connectivity index (χ1n) is 10.0. The first kappa shape index (κ1) is 20.9. The molecule has 0 bridgehead atoms. The van der Waals surface area contributed by atoms with Crippen LogP contribution in [0, 0.1) is 11.7 Å². The van der Waals surface area contributed by atoms with Crippen molar-refractivity contribution in [3.05, 3.63) is 87.8 Å². The number of carbonyl (C=O) groups is 1. The number of hydrogen-bond donors (Lipinski definition) is 1. The average Bonchev–Trinajstić information content (AvgIpc) is 3.29. The second kappa shape index (κ2) is 8.81. The van der Waals surface area contributed by atoms with E-state index < -0.39 is 0 Å². The molecule has 1 amide bonds. The van der Waals surface area contributed by atoms with Gasteiger partial charge in [-0.05, 0) is 41.1 Å². The number of carbonyl (C=O) groups excluding carboxylic acids is 1. The fraction of sp³-hybridized carbons (Fsp3) is 0.208. The summed E-state index contributed by atoms with van der Waals surface area (Å²) in [6, 6.07) is 16.9. The van der Waals surface area contributed by atoms with E-state index in [-0.39, 0.29) is 35.8 Å². The Balaban J connectivity index is 1.66. The molecule has 1 N–H and O–H groups in total. The van der Waals surface area contributed by atoms with Crippen LogP contribution in [0.1, 0.15) is 25.5 Å². The lowest BCUT2D eigenvalue weighted by molar-refractivity contribution is -0.123. The van der Waals surface area contributed by atoms with Crippen LogP contribution >= 0.6 is 11.3 Å². The lowest BCUT2D eigenvalue weighted by Gasteiger charge is -2.23. The first-order valence-corrected chi connectivity index (χ1v) is 10.9. The molecule has 0 radical (unpaired) electrons. The third-order valence-corrected chi connectivity index (χ3v) is 6.00. The topological polar surface area (TPSA) is 64.0 Å². The summed E-state index contributed by atoms with van der Waals surface area (Å²) in [5.41, 5.74) is 1.17. The van der Waals surface area contributed by atoms with Crippen LogP contribution < -0.4 is 10.9 Å². The Labute approximate surface area is 183 Å². The highest BCUT2D eigenvalue weighted by atomic mass is 32.1. The Morgan fingerprint density at radius 2 is 1.77 bits per heavy atom. The summed E-state index contributed by atoms with van der Waals surface area (Å²) in [6.07, 6.45) is 0. The van der Waals surface area contributed by atoms with E-state index in [1.165, 1.54) is 28.2 Å². The normalized spacial score (nSPS) is 12.3. The standard InChI is InChI=1S/C24H22FN3O2S/c1-15(2)22(16-9-11-17(25)12-10-16)26-21(29)14-28-24(30)19-7-4-3-6-18(19)23(27-28)20-8-5-13-31-20/h3-13,15,22H,14H2,1-2H3,(H,26,29). The van der Waals surface area contributed by atoms with Crippen LogP contribution in [-0.2, 0) is 11.3 Å². The maximum absolute atomic E-state index is 13.3. The van der Waals surface area contributed by atoms with E-state index in [1.807, 2.05) is 43.5 Å². The van der Waals surface area contributed by atoms with Crippen molar-refractivity contribution in [2.75, 3.05) is 0 Å². The predicted octanol–water partition coefficient (Wildman–Crippen LogP) is 4.78. The van der Waals surface area contributed by atoms with Crippen LogP contribution in [0.2, 0.25) is 0 Å². The number of nitrogens with zero attached hydrogens (tertiary/aromatic N) is 2. The molecular formula is C24H22FN3O2S. The van der Waals surface area contributed by atoms with Crippen molar-refractivity contribution in [1.82, 2.24) is 15.1 Å². The van der Waals surface area contributed by atoms with Crippen molar-refractivity contribution in [3.63, 3.8) is 0 Å². The summed E-state index contributed by atoms with van der Waals surface area (Å²) in [5.74, 6) is -0.576. The second-order valence-corrected chi connectivity index (χ2v) is 8.62. The maximum atomic E-state index is 13.3. The molecular weight excluding hydrogens is 413 g/mol. The zero-order chi connectivity index (χ0) is 22.0. The molecule has 7 heteroatoms. The van der Waals surface area contributed by atoms with Gasteiger partial charge in [-0.2, -0.15) is 5.10 Å². The Bertz CT molecular complexity index is 1260. The summed E-state index contributed by atoms with van der Waals surface area (Å²) < 4.78 is 14.5. The fourth-order valence-electron chi connectivity index (χ4n) is 3.60. The highest BCUT2D eigenvalue weighted by molar-refractivity contribution is 7.13. The van der Waals surface area contributed by atoms with Crippen LogP contribution in [0.25, 0.3) is 21.3 Å². The molecule has 0 aliphatic rings. The minimum absolute atomic E-state index is 0.0809. The van der Waals surface area contributed by atoms with Crippen molar-refractivity contribution >= 4 is 28.0 Å². The van der Waals surface area contributed by atoms with Crippen molar-refractivity contribution < 1.29 is 9.18 Å². The zero-order valence-electron chi connectivity index (χ0n) is 17.2. The fourth-order valence-corrected chi connectivity index (χ4v) is 4.32. The van der Waals surface area contributed by atoms with E-state index in [2.05, 4.69) is 10.4 Å². The van der Waals surface area contributed by atoms with Gasteiger partial charge < -0.3 is 5.32 Å². The predicted molar refractivity (Wildman–Crippen MR) is 121 cm³/mol. The van der Waals surface area contributed by atoms with Crippen molar-refractivity contribution in [2.24, 2.45) is 5.92 Å². The molecule has 1 atom stereocenters. The van der Waals surface area contributed by atoms with Gasteiger partial charge in [-0.3, -0.25) is 9.59 Å². The van der Waals surface area contributed by atoms with Gasteiger partial charge in [-0.15, -0.1) is 11.3 Å². The average molecular weight is 436 g/mol. The molecule has 0 aliphatic heterocycles. The number of benzene rings is 2. The molecule has 1 unspecified atom stereocenters. The number of hydrogen-bond acceptors (Lipinski definition) is 4. The zero-order valence-corrected chi connectivity index (χ0v) is 18.0. The van der Waals surface area contributed by atoms with Gasteiger partial charge in [0.2, 0.25) is 5.91 Å². The third-order valence-electron chi connectivity index (χ3n) is 5.13. The number of halogens is 1. The van der Waals surface area contributed by atoms with E-state index in [1.54, 1.807) is 24.3 Å².